The maximum absolute atomic E-state index is 12.8. The molecular weight excluding hydrogens is 428 g/mol. The highest BCUT2D eigenvalue weighted by molar-refractivity contribution is 6.04. The summed E-state index contributed by atoms with van der Waals surface area (Å²) < 4.78 is 13.6. The predicted molar refractivity (Wildman–Crippen MR) is 128 cm³/mol. The van der Waals surface area contributed by atoms with Crippen LogP contribution in [0, 0.1) is 25.2 Å². The van der Waals surface area contributed by atoms with Crippen molar-refractivity contribution >= 4 is 11.6 Å². The Kier molecular flexibility index (Phi) is 5.72. The molecule has 1 saturated heterocycles. The molecule has 0 unspecified atom stereocenters. The van der Waals surface area contributed by atoms with E-state index in [9.17, 15) is 10.1 Å². The van der Waals surface area contributed by atoms with Gasteiger partial charge in [0.15, 0.2) is 5.79 Å². The van der Waals surface area contributed by atoms with Gasteiger partial charge >= 0.3 is 0 Å². The highest BCUT2D eigenvalue weighted by Gasteiger charge is 2.48. The third-order valence-electron chi connectivity index (χ3n) is 6.99. The standard InChI is InChI=1S/C27H28N4O3/c1-19-3-5-23(20(2)15-19)31-12-7-21(17-31)25(32)30-22-4-6-24(29-16-22)26(18-28)8-10-27(11-9-26)33-13-14-34-27/h3-7,12,15-17H,8-11,13-14H2,1-2H3,(H,30,32). The van der Waals surface area contributed by atoms with Crippen LogP contribution in [-0.2, 0) is 14.9 Å². The number of nitrogens with one attached hydrogen (secondary N) is 1. The van der Waals surface area contributed by atoms with Crippen molar-refractivity contribution in [2.24, 2.45) is 0 Å². The molecule has 0 atom stereocenters. The Morgan fingerprint density at radius 3 is 2.50 bits per heavy atom. The van der Waals surface area contributed by atoms with Gasteiger partial charge in [0.2, 0.25) is 0 Å². The molecule has 0 radical (unpaired) electrons. The number of pyridine rings is 1. The van der Waals surface area contributed by atoms with Crippen LogP contribution in [0.3, 0.4) is 0 Å². The van der Waals surface area contributed by atoms with Crippen molar-refractivity contribution in [1.82, 2.24) is 9.55 Å². The average Bonchev–Trinajstić information content (AvgIpc) is 3.51. The van der Waals surface area contributed by atoms with E-state index in [1.54, 1.807) is 12.3 Å². The van der Waals surface area contributed by atoms with Crippen LogP contribution in [0.5, 0.6) is 0 Å². The van der Waals surface area contributed by atoms with Crippen molar-refractivity contribution < 1.29 is 14.3 Å². The predicted octanol–water partition coefficient (Wildman–Crippen LogP) is 4.82. The zero-order chi connectivity index (χ0) is 23.8. The maximum Gasteiger partial charge on any atom is 0.257 e. The number of ether oxygens (including phenoxy) is 2. The van der Waals surface area contributed by atoms with E-state index >= 15 is 0 Å². The smallest absolute Gasteiger partial charge is 0.257 e. The Hall–Kier alpha value is -3.47. The van der Waals surface area contributed by atoms with Crippen LogP contribution in [0.15, 0.2) is 55.0 Å². The molecule has 1 amide bonds. The Bertz CT molecular complexity index is 1240. The van der Waals surface area contributed by atoms with Crippen LogP contribution in [0.1, 0.15) is 52.9 Å². The highest BCUT2D eigenvalue weighted by Crippen LogP contribution is 2.45. The molecule has 3 aromatic rings. The summed E-state index contributed by atoms with van der Waals surface area (Å²) in [5, 5.41) is 12.9. The van der Waals surface area contributed by atoms with Crippen molar-refractivity contribution in [1.29, 1.82) is 5.26 Å². The number of hydrogen-bond donors (Lipinski definition) is 1. The van der Waals surface area contributed by atoms with E-state index in [1.807, 2.05) is 29.1 Å². The van der Waals surface area contributed by atoms with Crippen molar-refractivity contribution in [3.8, 4) is 11.8 Å². The first-order valence-electron chi connectivity index (χ1n) is 11.6. The van der Waals surface area contributed by atoms with Gasteiger partial charge in [0, 0.05) is 30.9 Å². The van der Waals surface area contributed by atoms with E-state index in [2.05, 4.69) is 48.4 Å². The number of anilines is 1. The molecule has 7 heteroatoms. The maximum atomic E-state index is 12.8. The normalized spacial score (nSPS) is 18.5. The number of amides is 1. The molecule has 3 heterocycles. The lowest BCUT2D eigenvalue weighted by Crippen LogP contribution is -2.41. The van der Waals surface area contributed by atoms with Gasteiger partial charge < -0.3 is 19.4 Å². The zero-order valence-electron chi connectivity index (χ0n) is 19.5. The molecule has 2 aliphatic rings. The number of aromatic nitrogens is 2. The molecule has 1 aliphatic carbocycles. The van der Waals surface area contributed by atoms with E-state index in [4.69, 9.17) is 9.47 Å². The second kappa shape index (κ2) is 8.71. The number of aryl methyl sites for hydroxylation is 2. The largest absolute Gasteiger partial charge is 0.348 e. The molecule has 5 rings (SSSR count). The van der Waals surface area contributed by atoms with Gasteiger partial charge in [0.25, 0.3) is 5.91 Å². The molecule has 1 aliphatic heterocycles. The van der Waals surface area contributed by atoms with Gasteiger partial charge in [-0.1, -0.05) is 17.7 Å². The minimum atomic E-state index is -0.660. The second-order valence-electron chi connectivity index (χ2n) is 9.29. The fourth-order valence-electron chi connectivity index (χ4n) is 5.00. The first-order valence-corrected chi connectivity index (χ1v) is 11.6. The third-order valence-corrected chi connectivity index (χ3v) is 6.99. The minimum absolute atomic E-state index is 0.205. The lowest BCUT2D eigenvalue weighted by atomic mass is 9.70. The number of nitrogens with zero attached hydrogens (tertiary/aromatic N) is 3. The summed E-state index contributed by atoms with van der Waals surface area (Å²) in [7, 11) is 0. The highest BCUT2D eigenvalue weighted by atomic mass is 16.7. The Balaban J connectivity index is 1.27. The molecule has 34 heavy (non-hydrogen) atoms. The molecule has 1 aromatic carbocycles. The fourth-order valence-corrected chi connectivity index (χ4v) is 5.00. The molecule has 0 bridgehead atoms. The molecule has 1 N–H and O–H groups in total. The molecule has 174 valence electrons. The quantitative estimate of drug-likeness (QED) is 0.608. The van der Waals surface area contributed by atoms with Crippen LogP contribution < -0.4 is 5.32 Å². The van der Waals surface area contributed by atoms with Gasteiger partial charge in [-0.15, -0.1) is 0 Å². The third kappa shape index (κ3) is 4.11. The molecule has 7 nitrogen and oxygen atoms in total. The summed E-state index contributed by atoms with van der Waals surface area (Å²) in [6.45, 7) is 5.34. The Morgan fingerprint density at radius 1 is 1.09 bits per heavy atom. The topological polar surface area (TPSA) is 89.2 Å². The summed E-state index contributed by atoms with van der Waals surface area (Å²) in [5.74, 6) is -0.731. The van der Waals surface area contributed by atoms with Crippen molar-refractivity contribution in [3.63, 3.8) is 0 Å². The van der Waals surface area contributed by atoms with Crippen LogP contribution in [0.2, 0.25) is 0 Å². The van der Waals surface area contributed by atoms with Gasteiger partial charge in [0.1, 0.15) is 0 Å². The van der Waals surface area contributed by atoms with Crippen LogP contribution >= 0.6 is 0 Å². The van der Waals surface area contributed by atoms with Crippen molar-refractivity contribution in [2.45, 2.75) is 50.7 Å². The summed E-state index contributed by atoms with van der Waals surface area (Å²) in [6.07, 6.45) is 7.96. The second-order valence-corrected chi connectivity index (χ2v) is 9.29. The van der Waals surface area contributed by atoms with Gasteiger partial charge in [-0.3, -0.25) is 9.78 Å². The first kappa shape index (κ1) is 22.3. The number of rotatable bonds is 4. The molecule has 2 aromatic heterocycles. The summed E-state index contributed by atoms with van der Waals surface area (Å²) in [4.78, 5) is 17.4. The monoisotopic (exact) mass is 456 g/mol. The minimum Gasteiger partial charge on any atom is -0.348 e. The SMILES string of the molecule is Cc1ccc(-n2ccc(C(=O)Nc3ccc(C4(C#N)CCC5(CC4)OCCO5)nc3)c2)c(C)c1. The van der Waals surface area contributed by atoms with Gasteiger partial charge in [0.05, 0.1) is 47.8 Å². The zero-order valence-corrected chi connectivity index (χ0v) is 19.5. The van der Waals surface area contributed by atoms with Crippen LogP contribution in [-0.4, -0.2) is 34.5 Å². The molecular formula is C27H28N4O3. The van der Waals surface area contributed by atoms with E-state index in [1.165, 1.54) is 5.56 Å². The number of benzene rings is 1. The van der Waals surface area contributed by atoms with Gasteiger partial charge in [-0.25, -0.2) is 0 Å². The Labute approximate surface area is 199 Å². The Morgan fingerprint density at radius 2 is 1.85 bits per heavy atom. The molecule has 1 spiro atoms. The number of hydrogen-bond acceptors (Lipinski definition) is 5. The number of carbonyl (C=O) groups excluding carboxylic acids is 1. The van der Waals surface area contributed by atoms with Crippen molar-refractivity contribution in [2.75, 3.05) is 18.5 Å². The average molecular weight is 457 g/mol. The lowest BCUT2D eigenvalue weighted by Gasteiger charge is -2.39. The molecule has 2 fully saturated rings. The number of carbonyl (C=O) groups is 1. The summed E-state index contributed by atoms with van der Waals surface area (Å²) in [5.41, 5.74) is 4.61. The van der Waals surface area contributed by atoms with E-state index in [0.717, 1.165) is 16.9 Å². The molecule has 1 saturated carbocycles. The van der Waals surface area contributed by atoms with E-state index < -0.39 is 11.2 Å². The van der Waals surface area contributed by atoms with Crippen LogP contribution in [0.25, 0.3) is 5.69 Å². The van der Waals surface area contributed by atoms with Crippen molar-refractivity contribution in [3.05, 3.63) is 77.4 Å². The number of nitriles is 1. The fraction of sp³-hybridized carbons (Fsp3) is 0.370. The first-order chi connectivity index (χ1) is 16.4. The van der Waals surface area contributed by atoms with Gasteiger partial charge in [-0.2, -0.15) is 5.26 Å². The van der Waals surface area contributed by atoms with Gasteiger partial charge in [-0.05, 0) is 56.5 Å². The van der Waals surface area contributed by atoms with Crippen LogP contribution in [0.4, 0.5) is 5.69 Å². The summed E-state index contributed by atoms with van der Waals surface area (Å²) >= 11 is 0. The summed E-state index contributed by atoms with van der Waals surface area (Å²) in [6, 6.07) is 14.2. The van der Waals surface area contributed by atoms with E-state index in [-0.39, 0.29) is 5.91 Å². The van der Waals surface area contributed by atoms with E-state index in [0.29, 0.717) is 50.1 Å². The lowest BCUT2D eigenvalue weighted by molar-refractivity contribution is -0.182.